The average Bonchev–Trinajstić information content (AvgIpc) is 3.17. The molecule has 0 radical (unpaired) electrons. The van der Waals surface area contributed by atoms with E-state index < -0.39 is 0 Å². The Morgan fingerprint density at radius 2 is 1.59 bits per heavy atom. The number of rotatable bonds is 9. The molecular weight excluding hydrogens is 360 g/mol. The summed E-state index contributed by atoms with van der Waals surface area (Å²) >= 11 is 0. The summed E-state index contributed by atoms with van der Waals surface area (Å²) < 4.78 is 7.93. The van der Waals surface area contributed by atoms with E-state index in [2.05, 4.69) is 61.9 Å². The van der Waals surface area contributed by atoms with Gasteiger partial charge in [-0.05, 0) is 42.7 Å². The maximum atomic E-state index is 13.0. The fourth-order valence-electron chi connectivity index (χ4n) is 3.27. The third kappa shape index (κ3) is 5.74. The summed E-state index contributed by atoms with van der Waals surface area (Å²) in [5.74, 6) is 1.07. The Morgan fingerprint density at radius 3 is 2.24 bits per heavy atom. The van der Waals surface area contributed by atoms with Crippen molar-refractivity contribution in [2.75, 3.05) is 6.61 Å². The molecular formula is C25H30N2O2. The lowest BCUT2D eigenvalue weighted by Gasteiger charge is -2.32. The molecule has 0 fully saturated rings. The predicted octanol–water partition coefficient (Wildman–Crippen LogP) is 4.99. The smallest absolute Gasteiger partial charge is 0.261 e. The number of nitrogens with zero attached hydrogens (tertiary/aromatic N) is 2. The summed E-state index contributed by atoms with van der Waals surface area (Å²) in [5.41, 5.74) is 2.36. The number of carbonyl (C=O) groups is 1. The van der Waals surface area contributed by atoms with Gasteiger partial charge >= 0.3 is 0 Å². The Kier molecular flexibility index (Phi) is 7.12. The topological polar surface area (TPSA) is 34.5 Å². The van der Waals surface area contributed by atoms with E-state index in [1.165, 1.54) is 5.56 Å². The van der Waals surface area contributed by atoms with Crippen LogP contribution in [0.3, 0.4) is 0 Å². The largest absolute Gasteiger partial charge is 0.484 e. The third-order valence-electron chi connectivity index (χ3n) is 5.33. The molecule has 0 aliphatic carbocycles. The van der Waals surface area contributed by atoms with Crippen molar-refractivity contribution in [2.24, 2.45) is 5.92 Å². The van der Waals surface area contributed by atoms with Crippen molar-refractivity contribution < 1.29 is 9.53 Å². The molecule has 0 spiro atoms. The fourth-order valence-corrected chi connectivity index (χ4v) is 3.27. The van der Waals surface area contributed by atoms with Gasteiger partial charge in [0.1, 0.15) is 5.75 Å². The van der Waals surface area contributed by atoms with E-state index >= 15 is 0 Å². The molecule has 0 aliphatic heterocycles. The van der Waals surface area contributed by atoms with Gasteiger partial charge < -0.3 is 14.2 Å². The third-order valence-corrected chi connectivity index (χ3v) is 5.33. The number of para-hydroxylation sites is 1. The van der Waals surface area contributed by atoms with Gasteiger partial charge in [0, 0.05) is 24.5 Å². The van der Waals surface area contributed by atoms with Crippen molar-refractivity contribution in [3.8, 4) is 5.75 Å². The van der Waals surface area contributed by atoms with E-state index in [9.17, 15) is 4.79 Å². The van der Waals surface area contributed by atoms with E-state index in [4.69, 9.17) is 4.74 Å². The van der Waals surface area contributed by atoms with Gasteiger partial charge in [0.15, 0.2) is 6.61 Å². The molecule has 1 heterocycles. The molecule has 4 heteroatoms. The van der Waals surface area contributed by atoms with Gasteiger partial charge in [-0.15, -0.1) is 0 Å². The number of benzene rings is 2. The summed E-state index contributed by atoms with van der Waals surface area (Å²) in [6.07, 6.45) is 2.07. The normalized spacial score (nSPS) is 12.0. The highest BCUT2D eigenvalue weighted by Crippen LogP contribution is 2.17. The van der Waals surface area contributed by atoms with E-state index in [-0.39, 0.29) is 18.6 Å². The van der Waals surface area contributed by atoms with E-state index in [1.54, 1.807) is 0 Å². The van der Waals surface area contributed by atoms with Crippen LogP contribution in [0.15, 0.2) is 79.0 Å². The minimum atomic E-state index is 0.00233. The first-order chi connectivity index (χ1) is 14.0. The van der Waals surface area contributed by atoms with Crippen LogP contribution < -0.4 is 4.74 Å². The molecule has 0 saturated carbocycles. The monoisotopic (exact) mass is 390 g/mol. The number of amides is 1. The van der Waals surface area contributed by atoms with Crippen LogP contribution in [0.5, 0.6) is 5.75 Å². The van der Waals surface area contributed by atoms with Crippen LogP contribution in [0.25, 0.3) is 0 Å². The van der Waals surface area contributed by atoms with Crippen LogP contribution in [0.4, 0.5) is 0 Å². The molecule has 0 N–H and O–H groups in total. The van der Waals surface area contributed by atoms with Crippen molar-refractivity contribution >= 4 is 5.91 Å². The number of aromatic nitrogens is 1. The lowest BCUT2D eigenvalue weighted by molar-refractivity contribution is -0.137. The summed E-state index contributed by atoms with van der Waals surface area (Å²) in [6.45, 7) is 7.80. The van der Waals surface area contributed by atoms with Gasteiger partial charge in [0.25, 0.3) is 5.91 Å². The summed E-state index contributed by atoms with van der Waals surface area (Å²) in [4.78, 5) is 15.0. The highest BCUT2D eigenvalue weighted by molar-refractivity contribution is 5.78. The molecule has 3 rings (SSSR count). The van der Waals surface area contributed by atoms with Crippen LogP contribution in [0, 0.1) is 5.92 Å². The Balaban J connectivity index is 1.72. The number of hydrogen-bond donors (Lipinski definition) is 0. The standard InChI is InChI=1S/C25H30N2O2/c1-20(2)21(3)27(25(28)19-29-24-14-8-5-9-15-24)18-23-13-10-16-26(23)17-22-11-6-4-7-12-22/h4-16,20-21H,17-19H2,1-3H3/t21-/m1/s1. The molecule has 1 atom stereocenters. The minimum absolute atomic E-state index is 0.00233. The predicted molar refractivity (Wildman–Crippen MR) is 117 cm³/mol. The van der Waals surface area contributed by atoms with Gasteiger partial charge in [-0.25, -0.2) is 0 Å². The summed E-state index contributed by atoms with van der Waals surface area (Å²) in [7, 11) is 0. The van der Waals surface area contributed by atoms with Crippen molar-refractivity contribution in [3.63, 3.8) is 0 Å². The van der Waals surface area contributed by atoms with Crippen molar-refractivity contribution in [1.29, 1.82) is 0 Å². The lowest BCUT2D eigenvalue weighted by atomic mass is 10.0. The zero-order chi connectivity index (χ0) is 20.6. The highest BCUT2D eigenvalue weighted by Gasteiger charge is 2.24. The quantitative estimate of drug-likeness (QED) is 0.516. The first-order valence-corrected chi connectivity index (χ1v) is 10.2. The second-order valence-corrected chi connectivity index (χ2v) is 7.72. The zero-order valence-electron chi connectivity index (χ0n) is 17.5. The van der Waals surface area contributed by atoms with Gasteiger partial charge in [-0.2, -0.15) is 0 Å². The van der Waals surface area contributed by atoms with Crippen LogP contribution in [-0.2, 0) is 17.9 Å². The maximum Gasteiger partial charge on any atom is 0.261 e. The lowest BCUT2D eigenvalue weighted by Crippen LogP contribution is -2.43. The molecule has 0 bridgehead atoms. The SMILES string of the molecule is CC(C)[C@@H](C)N(Cc1cccn1Cc1ccccc1)C(=O)COc1ccccc1. The Hall–Kier alpha value is -3.01. The average molecular weight is 391 g/mol. The van der Waals surface area contributed by atoms with Crippen molar-refractivity contribution in [3.05, 3.63) is 90.3 Å². The molecule has 3 aromatic rings. The molecule has 0 aliphatic rings. The fraction of sp³-hybridized carbons (Fsp3) is 0.320. The molecule has 1 amide bonds. The molecule has 4 nitrogen and oxygen atoms in total. The molecule has 1 aromatic heterocycles. The van der Waals surface area contributed by atoms with Crippen LogP contribution in [0.2, 0.25) is 0 Å². The van der Waals surface area contributed by atoms with Crippen molar-refractivity contribution in [1.82, 2.24) is 9.47 Å². The van der Waals surface area contributed by atoms with E-state index in [0.717, 1.165) is 12.2 Å². The number of ether oxygens (including phenoxy) is 1. The number of hydrogen-bond acceptors (Lipinski definition) is 2. The van der Waals surface area contributed by atoms with Gasteiger partial charge in [-0.3, -0.25) is 4.79 Å². The Morgan fingerprint density at radius 1 is 0.931 bits per heavy atom. The Bertz CT molecular complexity index is 887. The van der Waals surface area contributed by atoms with Gasteiger partial charge in [0.05, 0.1) is 6.54 Å². The second-order valence-electron chi connectivity index (χ2n) is 7.72. The maximum absolute atomic E-state index is 13.0. The zero-order valence-corrected chi connectivity index (χ0v) is 17.5. The Labute approximate surface area is 173 Å². The van der Waals surface area contributed by atoms with E-state index in [0.29, 0.717) is 18.2 Å². The molecule has 0 saturated heterocycles. The first kappa shape index (κ1) is 20.7. The van der Waals surface area contributed by atoms with Gasteiger partial charge in [0.2, 0.25) is 0 Å². The second kappa shape index (κ2) is 9.97. The molecule has 152 valence electrons. The molecule has 2 aromatic carbocycles. The molecule has 0 unspecified atom stereocenters. The minimum Gasteiger partial charge on any atom is -0.484 e. The van der Waals surface area contributed by atoms with Crippen molar-refractivity contribution in [2.45, 2.75) is 39.9 Å². The number of carbonyl (C=O) groups excluding carboxylic acids is 1. The van der Waals surface area contributed by atoms with Gasteiger partial charge in [-0.1, -0.05) is 62.4 Å². The first-order valence-electron chi connectivity index (χ1n) is 10.2. The van der Waals surface area contributed by atoms with Crippen LogP contribution >= 0.6 is 0 Å². The summed E-state index contributed by atoms with van der Waals surface area (Å²) in [5, 5.41) is 0. The highest BCUT2D eigenvalue weighted by atomic mass is 16.5. The summed E-state index contributed by atoms with van der Waals surface area (Å²) in [6, 6.07) is 24.1. The molecule has 29 heavy (non-hydrogen) atoms. The van der Waals surface area contributed by atoms with E-state index in [1.807, 2.05) is 47.4 Å². The van der Waals surface area contributed by atoms with Crippen LogP contribution in [-0.4, -0.2) is 28.0 Å². The van der Waals surface area contributed by atoms with Crippen LogP contribution in [0.1, 0.15) is 32.0 Å².